The van der Waals surface area contributed by atoms with E-state index in [4.69, 9.17) is 9.47 Å². The Hall–Kier alpha value is -2.47. The molecule has 0 bridgehead atoms. The fourth-order valence-electron chi connectivity index (χ4n) is 4.09. The van der Waals surface area contributed by atoms with Crippen LogP contribution in [0.25, 0.3) is 0 Å². The molecule has 0 spiro atoms. The number of hydrogen-bond donors (Lipinski definition) is 0. The molecule has 3 rings (SSSR count). The second kappa shape index (κ2) is 11.3. The summed E-state index contributed by atoms with van der Waals surface area (Å²) in [7, 11) is -3.49. The smallest absolute Gasteiger partial charge is 0.302 e. The van der Waals surface area contributed by atoms with Crippen LogP contribution in [0.4, 0.5) is 5.82 Å². The second-order valence-corrected chi connectivity index (χ2v) is 11.7. The molecular formula is C22H35N5O6S. The summed E-state index contributed by atoms with van der Waals surface area (Å²) >= 11 is 0. The summed E-state index contributed by atoms with van der Waals surface area (Å²) in [5.41, 5.74) is -0.672. The molecule has 2 saturated heterocycles. The van der Waals surface area contributed by atoms with Gasteiger partial charge in [0.15, 0.2) is 0 Å². The third-order valence-electron chi connectivity index (χ3n) is 6.07. The van der Waals surface area contributed by atoms with Gasteiger partial charge in [-0.1, -0.05) is 13.8 Å². The van der Waals surface area contributed by atoms with Crippen LogP contribution >= 0.6 is 0 Å². The molecule has 3 heterocycles. The van der Waals surface area contributed by atoms with Crippen LogP contribution in [0.1, 0.15) is 33.6 Å². The predicted octanol–water partition coefficient (Wildman–Crippen LogP) is 0.765. The normalized spacial score (nSPS) is 18.6. The number of ether oxygens (including phenoxy) is 2. The molecule has 190 valence electrons. The van der Waals surface area contributed by atoms with Gasteiger partial charge in [-0.2, -0.15) is 4.31 Å². The number of piperidine rings is 1. The highest BCUT2D eigenvalue weighted by Crippen LogP contribution is 2.23. The van der Waals surface area contributed by atoms with Crippen LogP contribution in [0.3, 0.4) is 0 Å². The van der Waals surface area contributed by atoms with Crippen molar-refractivity contribution in [3.05, 3.63) is 12.4 Å². The highest BCUT2D eigenvalue weighted by Gasteiger charge is 2.34. The van der Waals surface area contributed by atoms with E-state index in [1.54, 1.807) is 31.1 Å². The molecule has 0 radical (unpaired) electrons. The molecule has 0 atom stereocenters. The van der Waals surface area contributed by atoms with Gasteiger partial charge < -0.3 is 19.3 Å². The standard InChI is InChI=1S/C22H35N5O6S/c1-18(29)33-15-22(2,3)16-34(30,31)27-10-8-26(9-11-27)20-12-24-21(13-23-20)32-14-19-4-6-25(17-28)7-5-19/h12-13,17,19H,4-11,14-16H2,1-3H3. The van der Waals surface area contributed by atoms with Crippen molar-refractivity contribution >= 4 is 28.2 Å². The molecule has 1 aromatic rings. The predicted molar refractivity (Wildman–Crippen MR) is 126 cm³/mol. The Morgan fingerprint density at radius 1 is 1.12 bits per heavy atom. The number of anilines is 1. The van der Waals surface area contributed by atoms with E-state index in [1.807, 2.05) is 4.90 Å². The van der Waals surface area contributed by atoms with Crippen LogP contribution in [0.2, 0.25) is 0 Å². The van der Waals surface area contributed by atoms with Crippen molar-refractivity contribution in [3.8, 4) is 5.88 Å². The van der Waals surface area contributed by atoms with Crippen molar-refractivity contribution in [2.75, 3.05) is 63.1 Å². The summed E-state index contributed by atoms with van der Waals surface area (Å²) in [5, 5.41) is 0. The first kappa shape index (κ1) is 26.1. The second-order valence-electron chi connectivity index (χ2n) is 9.70. The first-order valence-corrected chi connectivity index (χ1v) is 13.2. The quantitative estimate of drug-likeness (QED) is 0.341. The summed E-state index contributed by atoms with van der Waals surface area (Å²) in [4.78, 5) is 34.4. The third-order valence-corrected chi connectivity index (χ3v) is 8.37. The van der Waals surface area contributed by atoms with Crippen LogP contribution in [0.15, 0.2) is 12.4 Å². The number of hydrogen-bond acceptors (Lipinski definition) is 9. The van der Waals surface area contributed by atoms with Gasteiger partial charge in [-0.15, -0.1) is 0 Å². The zero-order valence-electron chi connectivity index (χ0n) is 20.2. The van der Waals surface area contributed by atoms with Crippen molar-refractivity contribution in [1.29, 1.82) is 0 Å². The lowest BCUT2D eigenvalue weighted by molar-refractivity contribution is -0.143. The highest BCUT2D eigenvalue weighted by atomic mass is 32.2. The number of piperazine rings is 1. The minimum absolute atomic E-state index is 0.0590. The van der Waals surface area contributed by atoms with Crippen LogP contribution in [-0.2, 0) is 24.3 Å². The molecule has 2 aliphatic rings. The van der Waals surface area contributed by atoms with Crippen LogP contribution < -0.4 is 9.64 Å². The van der Waals surface area contributed by atoms with E-state index in [0.29, 0.717) is 50.4 Å². The molecule has 34 heavy (non-hydrogen) atoms. The van der Waals surface area contributed by atoms with Gasteiger partial charge in [0, 0.05) is 51.6 Å². The SMILES string of the molecule is CC(=O)OCC(C)(C)CS(=O)(=O)N1CCN(c2cnc(OCC3CCN(C=O)CC3)cn2)CC1. The summed E-state index contributed by atoms with van der Waals surface area (Å²) in [6.07, 6.45) is 5.97. The maximum Gasteiger partial charge on any atom is 0.302 e. The first-order valence-electron chi connectivity index (χ1n) is 11.6. The summed E-state index contributed by atoms with van der Waals surface area (Å²) in [5.74, 6) is 1.02. The minimum Gasteiger partial charge on any atom is -0.476 e. The maximum atomic E-state index is 12.9. The van der Waals surface area contributed by atoms with E-state index in [-0.39, 0.29) is 12.4 Å². The van der Waals surface area contributed by atoms with E-state index < -0.39 is 21.4 Å². The van der Waals surface area contributed by atoms with Crippen molar-refractivity contribution in [1.82, 2.24) is 19.2 Å². The first-order chi connectivity index (χ1) is 16.1. The van der Waals surface area contributed by atoms with Gasteiger partial charge in [-0.05, 0) is 18.8 Å². The number of sulfonamides is 1. The molecule has 0 N–H and O–H groups in total. The zero-order chi connectivity index (χ0) is 24.8. The Bertz CT molecular complexity index is 924. The van der Waals surface area contributed by atoms with Gasteiger partial charge in [-0.25, -0.2) is 18.4 Å². The number of rotatable bonds is 10. The zero-order valence-corrected chi connectivity index (χ0v) is 21.0. The Kier molecular flexibility index (Phi) is 8.69. The van der Waals surface area contributed by atoms with Crippen LogP contribution in [-0.4, -0.2) is 98.2 Å². The van der Waals surface area contributed by atoms with Crippen LogP contribution in [0, 0.1) is 11.3 Å². The van der Waals surface area contributed by atoms with E-state index in [0.717, 1.165) is 32.3 Å². The van der Waals surface area contributed by atoms with Gasteiger partial charge in [0.05, 0.1) is 31.4 Å². The van der Waals surface area contributed by atoms with Gasteiger partial charge in [-0.3, -0.25) is 9.59 Å². The fourth-order valence-corrected chi connectivity index (χ4v) is 6.07. The lowest BCUT2D eigenvalue weighted by Crippen LogP contribution is -2.51. The van der Waals surface area contributed by atoms with Crippen molar-refractivity contribution < 1.29 is 27.5 Å². The van der Waals surface area contributed by atoms with Gasteiger partial charge in [0.25, 0.3) is 0 Å². The third kappa shape index (κ3) is 7.52. The molecule has 0 saturated carbocycles. The number of esters is 1. The van der Waals surface area contributed by atoms with Crippen molar-refractivity contribution in [2.45, 2.75) is 33.6 Å². The molecule has 0 aliphatic carbocycles. The summed E-state index contributed by atoms with van der Waals surface area (Å²) in [6.45, 7) is 8.70. The number of carbonyl (C=O) groups excluding carboxylic acids is 2. The number of likely N-dealkylation sites (tertiary alicyclic amines) is 1. The molecule has 11 nitrogen and oxygen atoms in total. The van der Waals surface area contributed by atoms with E-state index in [2.05, 4.69) is 9.97 Å². The molecule has 1 amide bonds. The molecule has 0 unspecified atom stereocenters. The van der Waals surface area contributed by atoms with Crippen molar-refractivity contribution in [3.63, 3.8) is 0 Å². The van der Waals surface area contributed by atoms with E-state index in [1.165, 1.54) is 11.2 Å². The summed E-state index contributed by atoms with van der Waals surface area (Å²) in [6, 6.07) is 0. The number of amides is 1. The number of aromatic nitrogens is 2. The average Bonchev–Trinajstić information content (AvgIpc) is 2.82. The largest absolute Gasteiger partial charge is 0.476 e. The Morgan fingerprint density at radius 2 is 1.79 bits per heavy atom. The molecule has 2 aliphatic heterocycles. The lowest BCUT2D eigenvalue weighted by atomic mass is 9.98. The maximum absolute atomic E-state index is 12.9. The minimum atomic E-state index is -3.49. The van der Waals surface area contributed by atoms with Crippen molar-refractivity contribution in [2.24, 2.45) is 11.3 Å². The molecule has 12 heteroatoms. The van der Waals surface area contributed by atoms with Gasteiger partial charge >= 0.3 is 5.97 Å². The Morgan fingerprint density at radius 3 is 2.35 bits per heavy atom. The average molecular weight is 498 g/mol. The molecular weight excluding hydrogens is 462 g/mol. The van der Waals surface area contributed by atoms with Crippen LogP contribution in [0.5, 0.6) is 5.88 Å². The lowest BCUT2D eigenvalue weighted by Gasteiger charge is -2.36. The van der Waals surface area contributed by atoms with E-state index in [9.17, 15) is 18.0 Å². The van der Waals surface area contributed by atoms with Gasteiger partial charge in [0.2, 0.25) is 22.3 Å². The Labute approximate surface area is 201 Å². The molecule has 1 aromatic heterocycles. The Balaban J connectivity index is 1.45. The summed E-state index contributed by atoms with van der Waals surface area (Å²) < 4.78 is 38.0. The highest BCUT2D eigenvalue weighted by molar-refractivity contribution is 7.89. The van der Waals surface area contributed by atoms with Gasteiger partial charge in [0.1, 0.15) is 5.82 Å². The van der Waals surface area contributed by atoms with E-state index >= 15 is 0 Å². The monoisotopic (exact) mass is 497 g/mol. The fraction of sp³-hybridized carbons (Fsp3) is 0.727. The molecule has 2 fully saturated rings. The molecule has 0 aromatic carbocycles. The number of carbonyl (C=O) groups is 2. The topological polar surface area (TPSA) is 122 Å². The number of nitrogens with zero attached hydrogens (tertiary/aromatic N) is 5.